The van der Waals surface area contributed by atoms with Crippen molar-refractivity contribution in [3.05, 3.63) is 47.1 Å². The summed E-state index contributed by atoms with van der Waals surface area (Å²) in [6.45, 7) is 20.6. The van der Waals surface area contributed by atoms with Crippen LogP contribution in [0.3, 0.4) is 0 Å². The Balaban J connectivity index is 2.24. The van der Waals surface area contributed by atoms with E-state index in [1.54, 1.807) is 11.8 Å². The first-order chi connectivity index (χ1) is 18.7. The normalized spacial score (nSPS) is 15.7. The molecule has 2 N–H and O–H groups in total. The molecule has 0 aromatic heterocycles. The Morgan fingerprint density at radius 2 is 1.82 bits per heavy atom. The van der Waals surface area contributed by atoms with Gasteiger partial charge in [-0.3, -0.25) is 4.79 Å². The largest absolute Gasteiger partial charge is 0.507 e. The average molecular weight is 557 g/mol. The van der Waals surface area contributed by atoms with E-state index in [4.69, 9.17) is 9.47 Å². The van der Waals surface area contributed by atoms with Crippen molar-refractivity contribution in [2.75, 3.05) is 13.1 Å². The Kier molecular flexibility index (Phi) is 12.1. The van der Waals surface area contributed by atoms with Gasteiger partial charge in [-0.15, -0.1) is 0 Å². The van der Waals surface area contributed by atoms with E-state index in [1.807, 2.05) is 39.8 Å². The number of nitrogens with zero attached hydrogens (tertiary/aromatic N) is 1. The van der Waals surface area contributed by atoms with Crippen molar-refractivity contribution < 1.29 is 24.2 Å². The van der Waals surface area contributed by atoms with Crippen molar-refractivity contribution in [2.45, 2.75) is 124 Å². The Hall–Kier alpha value is -2.96. The van der Waals surface area contributed by atoms with Crippen molar-refractivity contribution in [2.24, 2.45) is 0 Å². The number of unbranched alkanes of at least 4 members (excludes halogenated alkanes) is 2. The summed E-state index contributed by atoms with van der Waals surface area (Å²) >= 11 is 0. The molecule has 2 rings (SSSR count). The van der Waals surface area contributed by atoms with Crippen LogP contribution in [0.15, 0.2) is 30.4 Å². The lowest BCUT2D eigenvalue weighted by atomic mass is 9.94. The van der Waals surface area contributed by atoms with Crippen LogP contribution in [-0.2, 0) is 11.2 Å². The summed E-state index contributed by atoms with van der Waals surface area (Å²) in [4.78, 5) is 27.7. The second-order valence-electron chi connectivity index (χ2n) is 12.5. The number of nitrogens with one attached hydrogen (secondary N) is 1. The van der Waals surface area contributed by atoms with Crippen molar-refractivity contribution in [3.8, 4) is 11.5 Å². The number of allylic oxidation sites excluding steroid dienone is 2. The SMILES string of the molecule is C=CC(C)(CCC=C(C)C)Oc1cc(CCCCC)c(C(=O)NC2CCN(C(=O)OC(C)(C)C)CC2)c(O)c1C. The number of rotatable bonds is 12. The molecular weight excluding hydrogens is 504 g/mol. The van der Waals surface area contributed by atoms with Gasteiger partial charge in [-0.2, -0.15) is 0 Å². The van der Waals surface area contributed by atoms with Gasteiger partial charge in [-0.05, 0) is 105 Å². The van der Waals surface area contributed by atoms with Gasteiger partial charge in [-0.1, -0.05) is 38.0 Å². The molecule has 2 amide bonds. The van der Waals surface area contributed by atoms with Gasteiger partial charge in [-0.25, -0.2) is 4.79 Å². The van der Waals surface area contributed by atoms with Gasteiger partial charge in [0.15, 0.2) is 0 Å². The lowest BCUT2D eigenvalue weighted by Crippen LogP contribution is -2.47. The maximum Gasteiger partial charge on any atom is 0.410 e. The number of phenolic OH excluding ortho intramolecular Hbond substituents is 1. The molecule has 1 aromatic carbocycles. The molecule has 7 heteroatoms. The zero-order valence-electron chi connectivity index (χ0n) is 26.1. The topological polar surface area (TPSA) is 88.1 Å². The Morgan fingerprint density at radius 1 is 1.18 bits per heavy atom. The van der Waals surface area contributed by atoms with Crippen LogP contribution in [0.5, 0.6) is 11.5 Å². The number of phenols is 1. The summed E-state index contributed by atoms with van der Waals surface area (Å²) < 4.78 is 11.9. The highest BCUT2D eigenvalue weighted by molar-refractivity contribution is 5.99. The highest BCUT2D eigenvalue weighted by Gasteiger charge is 2.30. The van der Waals surface area contributed by atoms with Gasteiger partial charge in [0, 0.05) is 24.7 Å². The first-order valence-corrected chi connectivity index (χ1v) is 14.8. The fourth-order valence-corrected chi connectivity index (χ4v) is 4.80. The van der Waals surface area contributed by atoms with Crippen molar-refractivity contribution in [1.29, 1.82) is 0 Å². The number of hydrogen-bond donors (Lipinski definition) is 2. The number of aryl methyl sites for hydroxylation is 1. The second kappa shape index (κ2) is 14.6. The fraction of sp³-hybridized carbons (Fsp3) is 0.636. The zero-order chi connectivity index (χ0) is 30.1. The summed E-state index contributed by atoms with van der Waals surface area (Å²) in [7, 11) is 0. The zero-order valence-corrected chi connectivity index (χ0v) is 26.1. The van der Waals surface area contributed by atoms with E-state index in [9.17, 15) is 14.7 Å². The summed E-state index contributed by atoms with van der Waals surface area (Å²) in [5.74, 6) is 0.249. The minimum absolute atomic E-state index is 0.0385. The predicted molar refractivity (Wildman–Crippen MR) is 162 cm³/mol. The highest BCUT2D eigenvalue weighted by Crippen LogP contribution is 2.37. The van der Waals surface area contributed by atoms with Crippen LogP contribution < -0.4 is 10.1 Å². The molecule has 0 spiro atoms. The van der Waals surface area contributed by atoms with Gasteiger partial charge in [0.2, 0.25) is 0 Å². The molecule has 1 aliphatic heterocycles. The molecule has 1 aliphatic rings. The number of carbonyl (C=O) groups excluding carboxylic acids is 2. The standard InChI is InChI=1S/C33H52N2O5/c1-10-12-13-16-25-22-27(39-33(9,11-2)19-14-15-23(3)4)24(5)29(36)28(25)30(37)34-26-17-20-35(21-18-26)31(38)40-32(6,7)8/h11,15,22,26,36H,2,10,12-14,16-21H2,1,3-9H3,(H,34,37). The fourth-order valence-electron chi connectivity index (χ4n) is 4.80. The van der Waals surface area contributed by atoms with Crippen LogP contribution in [0.2, 0.25) is 0 Å². The van der Waals surface area contributed by atoms with Crippen LogP contribution in [0.25, 0.3) is 0 Å². The van der Waals surface area contributed by atoms with Gasteiger partial charge < -0.3 is 24.8 Å². The number of benzene rings is 1. The molecule has 224 valence electrons. The van der Waals surface area contributed by atoms with Crippen molar-refractivity contribution in [3.63, 3.8) is 0 Å². The molecule has 1 saturated heterocycles. The van der Waals surface area contributed by atoms with E-state index in [0.717, 1.165) is 37.7 Å². The van der Waals surface area contributed by atoms with E-state index >= 15 is 0 Å². The molecule has 1 atom stereocenters. The van der Waals surface area contributed by atoms with Gasteiger partial charge in [0.25, 0.3) is 5.91 Å². The Morgan fingerprint density at radius 3 is 2.38 bits per heavy atom. The van der Waals surface area contributed by atoms with Crippen LogP contribution in [0.4, 0.5) is 4.79 Å². The van der Waals surface area contributed by atoms with Crippen molar-refractivity contribution >= 4 is 12.0 Å². The summed E-state index contributed by atoms with van der Waals surface area (Å²) in [5, 5.41) is 14.4. The number of hydrogen-bond acceptors (Lipinski definition) is 5. The summed E-state index contributed by atoms with van der Waals surface area (Å²) in [6.07, 6.45) is 10.2. The van der Waals surface area contributed by atoms with Gasteiger partial charge >= 0.3 is 6.09 Å². The molecule has 1 aromatic rings. The number of carbonyl (C=O) groups is 2. The van der Waals surface area contributed by atoms with Crippen molar-refractivity contribution in [1.82, 2.24) is 10.2 Å². The molecule has 0 bridgehead atoms. The lowest BCUT2D eigenvalue weighted by molar-refractivity contribution is 0.0199. The number of ether oxygens (including phenoxy) is 2. The maximum absolute atomic E-state index is 13.6. The Bertz CT molecular complexity index is 1060. The van der Waals surface area contributed by atoms with E-state index < -0.39 is 11.2 Å². The molecule has 40 heavy (non-hydrogen) atoms. The highest BCUT2D eigenvalue weighted by atomic mass is 16.6. The molecular formula is C33H52N2O5. The monoisotopic (exact) mass is 556 g/mol. The minimum atomic E-state index is -0.615. The third-order valence-electron chi connectivity index (χ3n) is 7.31. The number of piperidine rings is 1. The second-order valence-corrected chi connectivity index (χ2v) is 12.5. The third kappa shape index (κ3) is 9.90. The predicted octanol–water partition coefficient (Wildman–Crippen LogP) is 7.63. The first-order valence-electron chi connectivity index (χ1n) is 14.8. The number of likely N-dealkylation sites (tertiary alicyclic amines) is 1. The van der Waals surface area contributed by atoms with Crippen LogP contribution in [0, 0.1) is 6.92 Å². The van der Waals surface area contributed by atoms with Crippen LogP contribution in [0.1, 0.15) is 115 Å². The molecule has 0 aliphatic carbocycles. The Labute approximate surface area is 242 Å². The molecule has 1 unspecified atom stereocenters. The smallest absolute Gasteiger partial charge is 0.410 e. The summed E-state index contributed by atoms with van der Waals surface area (Å²) in [6, 6.07) is 1.83. The van der Waals surface area contributed by atoms with E-state index in [2.05, 4.69) is 38.7 Å². The van der Waals surface area contributed by atoms with E-state index in [0.29, 0.717) is 49.2 Å². The molecule has 1 fully saturated rings. The quantitative estimate of drug-likeness (QED) is 0.204. The number of amides is 2. The average Bonchev–Trinajstić information content (AvgIpc) is 2.86. The lowest BCUT2D eigenvalue weighted by Gasteiger charge is -2.34. The van der Waals surface area contributed by atoms with E-state index in [-0.39, 0.29) is 23.8 Å². The van der Waals surface area contributed by atoms with Crippen LogP contribution in [-0.4, -0.2) is 52.3 Å². The van der Waals surface area contributed by atoms with E-state index in [1.165, 1.54) is 5.57 Å². The number of aromatic hydroxyl groups is 1. The molecule has 0 radical (unpaired) electrons. The van der Waals surface area contributed by atoms with Gasteiger partial charge in [0.1, 0.15) is 22.7 Å². The van der Waals surface area contributed by atoms with Gasteiger partial charge in [0.05, 0.1) is 5.56 Å². The maximum atomic E-state index is 13.6. The third-order valence-corrected chi connectivity index (χ3v) is 7.31. The summed E-state index contributed by atoms with van der Waals surface area (Å²) in [5.41, 5.74) is 1.74. The first kappa shape index (κ1) is 33.2. The minimum Gasteiger partial charge on any atom is -0.507 e. The molecule has 0 saturated carbocycles. The molecule has 7 nitrogen and oxygen atoms in total. The molecule has 1 heterocycles. The van der Waals surface area contributed by atoms with Crippen LogP contribution >= 0.6 is 0 Å².